The summed E-state index contributed by atoms with van der Waals surface area (Å²) >= 11 is 0. The lowest BCUT2D eigenvalue weighted by Gasteiger charge is -2.16. The first-order chi connectivity index (χ1) is 10.9. The van der Waals surface area contributed by atoms with Crippen molar-refractivity contribution in [1.29, 1.82) is 0 Å². The molecule has 116 valence electrons. The van der Waals surface area contributed by atoms with Gasteiger partial charge in [-0.25, -0.2) is 9.18 Å². The number of aromatic carboxylic acids is 1. The van der Waals surface area contributed by atoms with Crippen molar-refractivity contribution in [2.45, 2.75) is 6.92 Å². The van der Waals surface area contributed by atoms with Crippen LogP contribution in [0.5, 0.6) is 0 Å². The molecule has 0 spiro atoms. The van der Waals surface area contributed by atoms with Gasteiger partial charge in [0.2, 0.25) is 0 Å². The molecule has 0 atom stereocenters. The molecule has 5 heteroatoms. The van der Waals surface area contributed by atoms with Crippen molar-refractivity contribution in [3.8, 4) is 11.1 Å². The number of carbonyl (C=O) groups is 1. The average Bonchev–Trinajstić information content (AvgIpc) is 2.51. The van der Waals surface area contributed by atoms with E-state index in [-0.39, 0.29) is 11.3 Å². The highest BCUT2D eigenvalue weighted by molar-refractivity contribution is 6.06. The molecule has 0 fully saturated rings. The third kappa shape index (κ3) is 2.30. The van der Waals surface area contributed by atoms with E-state index in [1.165, 1.54) is 19.2 Å². The lowest BCUT2D eigenvalue weighted by molar-refractivity contribution is 0.0686. The summed E-state index contributed by atoms with van der Waals surface area (Å²) in [5.41, 5.74) is 1.14. The summed E-state index contributed by atoms with van der Waals surface area (Å²) in [6, 6.07) is 11.0. The molecule has 0 saturated carbocycles. The van der Waals surface area contributed by atoms with Gasteiger partial charge in [-0.15, -0.1) is 0 Å². The molecule has 3 aromatic rings. The van der Waals surface area contributed by atoms with E-state index in [9.17, 15) is 19.1 Å². The predicted molar refractivity (Wildman–Crippen MR) is 86.3 cm³/mol. The Kier molecular flexibility index (Phi) is 3.48. The zero-order valence-corrected chi connectivity index (χ0v) is 12.6. The van der Waals surface area contributed by atoms with Gasteiger partial charge in [0.15, 0.2) is 0 Å². The van der Waals surface area contributed by atoms with Crippen molar-refractivity contribution in [2.75, 3.05) is 0 Å². The summed E-state index contributed by atoms with van der Waals surface area (Å²) in [6.07, 6.45) is 0. The summed E-state index contributed by atoms with van der Waals surface area (Å²) in [7, 11) is 1.43. The van der Waals surface area contributed by atoms with E-state index >= 15 is 0 Å². The minimum atomic E-state index is -1.20. The number of benzene rings is 2. The van der Waals surface area contributed by atoms with Gasteiger partial charge in [-0.2, -0.15) is 0 Å². The maximum Gasteiger partial charge on any atom is 0.353 e. The van der Waals surface area contributed by atoms with Gasteiger partial charge in [-0.3, -0.25) is 4.79 Å². The van der Waals surface area contributed by atoms with E-state index in [4.69, 9.17) is 0 Å². The van der Waals surface area contributed by atoms with Crippen molar-refractivity contribution in [1.82, 2.24) is 4.57 Å². The molecule has 4 nitrogen and oxygen atoms in total. The molecular formula is C18H14FNO3. The Morgan fingerprint density at radius 3 is 2.39 bits per heavy atom. The Morgan fingerprint density at radius 1 is 1.13 bits per heavy atom. The van der Waals surface area contributed by atoms with Crippen molar-refractivity contribution >= 4 is 16.7 Å². The number of rotatable bonds is 2. The number of carboxylic acids is 1. The summed E-state index contributed by atoms with van der Waals surface area (Å²) in [4.78, 5) is 24.2. The summed E-state index contributed by atoms with van der Waals surface area (Å²) in [5.74, 6) is -1.59. The third-order valence-corrected chi connectivity index (χ3v) is 3.96. The number of pyridine rings is 1. The van der Waals surface area contributed by atoms with Crippen LogP contribution >= 0.6 is 0 Å². The first-order valence-corrected chi connectivity index (χ1v) is 7.03. The molecule has 0 radical (unpaired) electrons. The molecule has 0 saturated heterocycles. The summed E-state index contributed by atoms with van der Waals surface area (Å²) in [6.45, 7) is 1.71. The van der Waals surface area contributed by atoms with Crippen molar-refractivity contribution in [2.24, 2.45) is 7.05 Å². The third-order valence-electron chi connectivity index (χ3n) is 3.96. The zero-order chi connectivity index (χ0) is 16.7. The Morgan fingerprint density at radius 2 is 1.78 bits per heavy atom. The number of nitrogens with zero attached hydrogens (tertiary/aromatic N) is 1. The van der Waals surface area contributed by atoms with Crippen LogP contribution in [-0.4, -0.2) is 15.6 Å². The quantitative estimate of drug-likeness (QED) is 0.789. The highest BCUT2D eigenvalue weighted by Gasteiger charge is 2.22. The van der Waals surface area contributed by atoms with Gasteiger partial charge < -0.3 is 9.67 Å². The Labute approximate surface area is 131 Å². The molecule has 23 heavy (non-hydrogen) atoms. The number of carboxylic acid groups (broad SMARTS) is 1. The summed E-state index contributed by atoms with van der Waals surface area (Å²) in [5, 5.41) is 10.6. The zero-order valence-electron chi connectivity index (χ0n) is 12.6. The predicted octanol–water partition coefficient (Wildman–Crippen LogP) is 3.35. The van der Waals surface area contributed by atoms with Crippen LogP contribution < -0.4 is 5.56 Å². The number of halogens is 1. The van der Waals surface area contributed by atoms with Gasteiger partial charge in [0.25, 0.3) is 5.56 Å². The highest BCUT2D eigenvalue weighted by Crippen LogP contribution is 2.33. The van der Waals surface area contributed by atoms with Gasteiger partial charge in [-0.05, 0) is 41.6 Å². The van der Waals surface area contributed by atoms with E-state index in [1.807, 2.05) is 0 Å². The largest absolute Gasteiger partial charge is 0.477 e. The summed E-state index contributed by atoms with van der Waals surface area (Å²) < 4.78 is 14.5. The van der Waals surface area contributed by atoms with E-state index in [0.717, 1.165) is 4.57 Å². The Bertz CT molecular complexity index is 1010. The lowest BCUT2D eigenvalue weighted by Crippen LogP contribution is -2.24. The topological polar surface area (TPSA) is 59.3 Å². The second-order valence-electron chi connectivity index (χ2n) is 5.40. The van der Waals surface area contributed by atoms with Crippen LogP contribution in [0.15, 0.2) is 47.3 Å². The molecule has 1 N–H and O–H groups in total. The fourth-order valence-electron chi connectivity index (χ4n) is 2.90. The number of hydrogen-bond donors (Lipinski definition) is 1. The molecule has 0 aliphatic rings. The van der Waals surface area contributed by atoms with Crippen LogP contribution in [0.1, 0.15) is 16.1 Å². The fourth-order valence-corrected chi connectivity index (χ4v) is 2.90. The van der Waals surface area contributed by atoms with E-state index in [0.29, 0.717) is 27.5 Å². The van der Waals surface area contributed by atoms with Crippen LogP contribution in [0.25, 0.3) is 21.9 Å². The van der Waals surface area contributed by atoms with Crippen molar-refractivity contribution in [3.63, 3.8) is 0 Å². The molecule has 0 aliphatic carbocycles. The van der Waals surface area contributed by atoms with Crippen LogP contribution in [0, 0.1) is 12.7 Å². The highest BCUT2D eigenvalue weighted by atomic mass is 19.1. The molecule has 0 amide bonds. The number of aryl methyl sites for hydroxylation is 1. The standard InChI is InChI=1S/C18H14FNO3/c1-10-9-11(19)7-8-12(10)15-13-5-3-4-6-14(13)17(21)20(2)16(15)18(22)23/h3-9H,1-2H3,(H,22,23). The molecule has 3 rings (SSSR count). The van der Waals surface area contributed by atoms with Crippen LogP contribution in [-0.2, 0) is 7.05 Å². The molecule has 0 bridgehead atoms. The first-order valence-electron chi connectivity index (χ1n) is 7.03. The minimum Gasteiger partial charge on any atom is -0.477 e. The van der Waals surface area contributed by atoms with Crippen LogP contribution in [0.4, 0.5) is 4.39 Å². The van der Waals surface area contributed by atoms with E-state index in [1.54, 1.807) is 37.3 Å². The fraction of sp³-hybridized carbons (Fsp3) is 0.111. The van der Waals surface area contributed by atoms with Gasteiger partial charge in [0.1, 0.15) is 11.5 Å². The van der Waals surface area contributed by atoms with Gasteiger partial charge in [0, 0.05) is 18.0 Å². The Hall–Kier alpha value is -2.95. The molecule has 2 aromatic carbocycles. The monoisotopic (exact) mass is 311 g/mol. The molecule has 1 heterocycles. The maximum atomic E-state index is 13.4. The molecule has 1 aromatic heterocycles. The molecular weight excluding hydrogens is 297 g/mol. The van der Waals surface area contributed by atoms with Crippen molar-refractivity contribution in [3.05, 3.63) is 69.9 Å². The minimum absolute atomic E-state index is 0.108. The smallest absolute Gasteiger partial charge is 0.353 e. The number of hydrogen-bond acceptors (Lipinski definition) is 2. The number of aromatic nitrogens is 1. The maximum absolute atomic E-state index is 13.4. The van der Waals surface area contributed by atoms with Crippen LogP contribution in [0.3, 0.4) is 0 Å². The SMILES string of the molecule is Cc1cc(F)ccc1-c1c(C(=O)O)n(C)c(=O)c2ccccc12. The number of fused-ring (bicyclic) bond motifs is 1. The van der Waals surface area contributed by atoms with Gasteiger partial charge in [0.05, 0.1) is 0 Å². The first kappa shape index (κ1) is 15.0. The van der Waals surface area contributed by atoms with Crippen LogP contribution in [0.2, 0.25) is 0 Å². The average molecular weight is 311 g/mol. The second kappa shape index (κ2) is 5.35. The Balaban J connectivity index is 2.57. The van der Waals surface area contributed by atoms with E-state index in [2.05, 4.69) is 0 Å². The van der Waals surface area contributed by atoms with Gasteiger partial charge >= 0.3 is 5.97 Å². The lowest BCUT2D eigenvalue weighted by atomic mass is 9.93. The normalized spacial score (nSPS) is 10.9. The van der Waals surface area contributed by atoms with Gasteiger partial charge in [-0.1, -0.05) is 24.3 Å². The molecule has 0 aliphatic heterocycles. The molecule has 0 unspecified atom stereocenters. The van der Waals surface area contributed by atoms with Crippen molar-refractivity contribution < 1.29 is 14.3 Å². The second-order valence-corrected chi connectivity index (χ2v) is 5.40. The van der Waals surface area contributed by atoms with E-state index < -0.39 is 11.8 Å².